The van der Waals surface area contributed by atoms with Crippen molar-refractivity contribution in [1.82, 2.24) is 0 Å². The summed E-state index contributed by atoms with van der Waals surface area (Å²) < 4.78 is 16.4. The summed E-state index contributed by atoms with van der Waals surface area (Å²) in [6.45, 7) is 0.796. The largest absolute Gasteiger partial charge is 0.508 e. The Morgan fingerprint density at radius 3 is 1.76 bits per heavy atom. The summed E-state index contributed by atoms with van der Waals surface area (Å²) in [4.78, 5) is 0. The van der Waals surface area contributed by atoms with E-state index in [1.165, 1.54) is 0 Å². The van der Waals surface area contributed by atoms with E-state index in [9.17, 15) is 0 Å². The minimum absolute atomic E-state index is 0.106. The fraction of sp³-hybridized carbons (Fsp3) is 0.250. The molecule has 0 spiro atoms. The van der Waals surface area contributed by atoms with E-state index in [1.54, 1.807) is 24.3 Å². The average Bonchev–Trinajstić information content (AvgIpc) is 2.51. The quantitative estimate of drug-likeness (QED) is 0.443. The molecule has 0 fully saturated rings. The summed E-state index contributed by atoms with van der Waals surface area (Å²) in [5.41, 5.74) is 0. The summed E-state index contributed by atoms with van der Waals surface area (Å²) in [7, 11) is 0. The van der Waals surface area contributed by atoms with Crippen molar-refractivity contribution in [2.75, 3.05) is 18.7 Å². The van der Waals surface area contributed by atoms with Crippen LogP contribution in [0.2, 0.25) is 0 Å². The van der Waals surface area contributed by atoms with Crippen molar-refractivity contribution in [3.05, 3.63) is 48.5 Å². The number of benzene rings is 2. The second kappa shape index (κ2) is 8.42. The predicted molar refractivity (Wildman–Crippen MR) is 84.6 cm³/mol. The van der Waals surface area contributed by atoms with Crippen LogP contribution in [0, 0.1) is 0 Å². The molecule has 0 amide bonds. The van der Waals surface area contributed by atoms with E-state index in [4.69, 9.17) is 19.3 Å². The summed E-state index contributed by atoms with van der Waals surface area (Å²) >= 11 is 3.36. The molecule has 112 valence electrons. The highest BCUT2D eigenvalue weighted by atomic mass is 79.9. The maximum absolute atomic E-state index is 9.16. The van der Waals surface area contributed by atoms with Gasteiger partial charge in [0.2, 0.25) is 6.79 Å². The molecule has 0 aromatic heterocycles. The zero-order valence-corrected chi connectivity index (χ0v) is 13.1. The van der Waals surface area contributed by atoms with Crippen LogP contribution < -0.4 is 14.2 Å². The van der Waals surface area contributed by atoms with Crippen molar-refractivity contribution >= 4 is 15.9 Å². The number of phenols is 1. The number of ether oxygens (including phenoxy) is 3. The third kappa shape index (κ3) is 5.55. The van der Waals surface area contributed by atoms with Gasteiger partial charge >= 0.3 is 0 Å². The highest BCUT2D eigenvalue weighted by Gasteiger charge is 1.98. The zero-order chi connectivity index (χ0) is 14.9. The van der Waals surface area contributed by atoms with Crippen LogP contribution in [-0.4, -0.2) is 23.8 Å². The molecule has 0 unspecified atom stereocenters. The van der Waals surface area contributed by atoms with Gasteiger partial charge in [-0.15, -0.1) is 0 Å². The van der Waals surface area contributed by atoms with E-state index in [1.807, 2.05) is 24.3 Å². The smallest absolute Gasteiger partial charge is 0.230 e. The molecule has 2 aromatic carbocycles. The molecule has 0 aliphatic heterocycles. The molecule has 4 nitrogen and oxygen atoms in total. The Hall–Kier alpha value is -1.88. The van der Waals surface area contributed by atoms with Gasteiger partial charge in [0.25, 0.3) is 0 Å². The average molecular weight is 353 g/mol. The Bertz CT molecular complexity index is 525. The third-order valence-corrected chi connectivity index (χ3v) is 3.22. The maximum atomic E-state index is 9.16. The van der Waals surface area contributed by atoms with Crippen molar-refractivity contribution in [2.24, 2.45) is 0 Å². The molecule has 0 aliphatic rings. The first-order valence-electron chi connectivity index (χ1n) is 6.61. The summed E-state index contributed by atoms with van der Waals surface area (Å²) in [6, 6.07) is 13.9. The first-order valence-corrected chi connectivity index (χ1v) is 7.73. The number of halogens is 1. The second-order valence-corrected chi connectivity index (χ2v) is 5.06. The first kappa shape index (κ1) is 15.5. The lowest BCUT2D eigenvalue weighted by Gasteiger charge is -2.09. The predicted octanol–water partition coefficient (Wildman–Crippen LogP) is 3.97. The SMILES string of the molecule is Oc1ccc(OCOc2ccc(OCCCBr)cc2)cc1. The minimum atomic E-state index is 0.106. The van der Waals surface area contributed by atoms with Gasteiger partial charge in [0.05, 0.1) is 6.61 Å². The number of rotatable bonds is 8. The molecule has 0 bridgehead atoms. The van der Waals surface area contributed by atoms with Crippen molar-refractivity contribution < 1.29 is 19.3 Å². The number of aromatic hydroxyl groups is 1. The molecule has 2 aromatic rings. The number of hydrogen-bond acceptors (Lipinski definition) is 4. The summed E-state index contributed by atoms with van der Waals surface area (Å²) in [5, 5.41) is 10.1. The molecule has 0 radical (unpaired) electrons. The standard InChI is InChI=1S/C16H17BrO4/c17-10-1-11-19-14-6-8-16(9-7-14)21-12-20-15-4-2-13(18)3-5-15/h2-9,18H,1,10-12H2. The van der Waals surface area contributed by atoms with Gasteiger partial charge in [-0.25, -0.2) is 0 Å². The topological polar surface area (TPSA) is 47.9 Å². The normalized spacial score (nSPS) is 10.1. The maximum Gasteiger partial charge on any atom is 0.230 e. The number of hydrogen-bond donors (Lipinski definition) is 1. The highest BCUT2D eigenvalue weighted by Crippen LogP contribution is 2.19. The van der Waals surface area contributed by atoms with Crippen LogP contribution in [0.1, 0.15) is 6.42 Å². The van der Waals surface area contributed by atoms with Gasteiger partial charge < -0.3 is 19.3 Å². The Morgan fingerprint density at radius 1 is 0.762 bits per heavy atom. The fourth-order valence-corrected chi connectivity index (χ4v) is 1.81. The Morgan fingerprint density at radius 2 is 1.24 bits per heavy atom. The molecule has 0 heterocycles. The highest BCUT2D eigenvalue weighted by molar-refractivity contribution is 9.09. The van der Waals surface area contributed by atoms with Gasteiger partial charge in [0.1, 0.15) is 23.0 Å². The van der Waals surface area contributed by atoms with Crippen molar-refractivity contribution in [3.63, 3.8) is 0 Å². The Labute approximate surface area is 132 Å². The van der Waals surface area contributed by atoms with Crippen molar-refractivity contribution in [2.45, 2.75) is 6.42 Å². The van der Waals surface area contributed by atoms with E-state index in [0.29, 0.717) is 18.1 Å². The van der Waals surface area contributed by atoms with Gasteiger partial charge in [-0.2, -0.15) is 0 Å². The van der Waals surface area contributed by atoms with Gasteiger partial charge in [-0.05, 0) is 55.0 Å². The van der Waals surface area contributed by atoms with Crippen molar-refractivity contribution in [1.29, 1.82) is 0 Å². The molecule has 1 N–H and O–H groups in total. The fourth-order valence-electron chi connectivity index (χ4n) is 1.58. The van der Waals surface area contributed by atoms with Crippen LogP contribution in [0.25, 0.3) is 0 Å². The lowest BCUT2D eigenvalue weighted by molar-refractivity contribution is 0.119. The minimum Gasteiger partial charge on any atom is -0.508 e. The molecule has 0 saturated carbocycles. The molecule has 0 saturated heterocycles. The molecular formula is C16H17BrO4. The second-order valence-electron chi connectivity index (χ2n) is 4.26. The third-order valence-electron chi connectivity index (χ3n) is 2.66. The molecular weight excluding hydrogens is 336 g/mol. The Kier molecular flexibility index (Phi) is 6.22. The van der Waals surface area contributed by atoms with Crippen LogP contribution in [0.15, 0.2) is 48.5 Å². The van der Waals surface area contributed by atoms with Crippen LogP contribution in [0.4, 0.5) is 0 Å². The monoisotopic (exact) mass is 352 g/mol. The molecule has 2 rings (SSSR count). The number of phenolic OH excluding ortho intramolecular Hbond substituents is 1. The summed E-state index contributed by atoms with van der Waals surface area (Å²) in [6.07, 6.45) is 0.971. The van der Waals surface area contributed by atoms with Crippen LogP contribution in [0.5, 0.6) is 23.0 Å². The van der Waals surface area contributed by atoms with E-state index in [2.05, 4.69) is 15.9 Å². The molecule has 21 heavy (non-hydrogen) atoms. The van der Waals surface area contributed by atoms with E-state index in [-0.39, 0.29) is 12.5 Å². The van der Waals surface area contributed by atoms with Gasteiger partial charge in [0, 0.05) is 5.33 Å². The zero-order valence-electron chi connectivity index (χ0n) is 11.5. The van der Waals surface area contributed by atoms with Gasteiger partial charge in [-0.3, -0.25) is 0 Å². The van der Waals surface area contributed by atoms with Crippen LogP contribution >= 0.6 is 15.9 Å². The van der Waals surface area contributed by atoms with Crippen LogP contribution in [-0.2, 0) is 0 Å². The molecule has 0 aliphatic carbocycles. The van der Waals surface area contributed by atoms with Crippen LogP contribution in [0.3, 0.4) is 0 Å². The van der Waals surface area contributed by atoms with E-state index < -0.39 is 0 Å². The molecule has 5 heteroatoms. The van der Waals surface area contributed by atoms with Crippen molar-refractivity contribution in [3.8, 4) is 23.0 Å². The Balaban J connectivity index is 1.74. The van der Waals surface area contributed by atoms with Gasteiger partial charge in [-0.1, -0.05) is 15.9 Å². The molecule has 0 atom stereocenters. The number of alkyl halides is 1. The first-order chi connectivity index (χ1) is 10.3. The van der Waals surface area contributed by atoms with E-state index >= 15 is 0 Å². The van der Waals surface area contributed by atoms with Gasteiger partial charge in [0.15, 0.2) is 0 Å². The lowest BCUT2D eigenvalue weighted by atomic mass is 10.3. The lowest BCUT2D eigenvalue weighted by Crippen LogP contribution is -2.05. The summed E-state index contributed by atoms with van der Waals surface area (Å²) in [5.74, 6) is 2.38. The van der Waals surface area contributed by atoms with E-state index in [0.717, 1.165) is 17.5 Å².